The van der Waals surface area contributed by atoms with Crippen molar-refractivity contribution in [2.45, 2.75) is 45.6 Å². The average molecular weight is 346 g/mol. The lowest BCUT2D eigenvalue weighted by Gasteiger charge is -2.39. The van der Waals surface area contributed by atoms with Gasteiger partial charge in [0.15, 0.2) is 0 Å². The molecule has 0 saturated carbocycles. The van der Waals surface area contributed by atoms with E-state index in [4.69, 9.17) is 9.47 Å². The molecule has 0 N–H and O–H groups in total. The molecule has 2 heterocycles. The molecule has 2 fully saturated rings. The molecule has 1 amide bonds. The molecular formula is C20H30N2O3. The Morgan fingerprint density at radius 3 is 2.44 bits per heavy atom. The van der Waals surface area contributed by atoms with Gasteiger partial charge in [-0.1, -0.05) is 6.07 Å². The zero-order valence-electron chi connectivity index (χ0n) is 15.9. The molecule has 5 heteroatoms. The first-order valence-corrected chi connectivity index (χ1v) is 9.17. The first kappa shape index (κ1) is 17.9. The quantitative estimate of drug-likeness (QED) is 0.814. The number of anilines is 1. The van der Waals surface area contributed by atoms with Crippen molar-refractivity contribution in [3.05, 3.63) is 24.3 Å². The largest absolute Gasteiger partial charge is 0.497 e. The molecule has 0 aliphatic carbocycles. The van der Waals surface area contributed by atoms with Crippen molar-refractivity contribution in [2.75, 3.05) is 38.2 Å². The van der Waals surface area contributed by atoms with Crippen LogP contribution < -0.4 is 9.64 Å². The van der Waals surface area contributed by atoms with E-state index in [2.05, 4.69) is 17.0 Å². The van der Waals surface area contributed by atoms with Crippen LogP contribution in [-0.4, -0.2) is 49.9 Å². The van der Waals surface area contributed by atoms with E-state index < -0.39 is 5.60 Å². The molecule has 0 aromatic heterocycles. The maximum atomic E-state index is 12.3. The molecule has 2 aliphatic rings. The molecule has 0 bridgehead atoms. The molecule has 2 aliphatic heterocycles. The van der Waals surface area contributed by atoms with Gasteiger partial charge in [-0.3, -0.25) is 0 Å². The lowest BCUT2D eigenvalue weighted by molar-refractivity contribution is 0.0122. The summed E-state index contributed by atoms with van der Waals surface area (Å²) in [5.41, 5.74) is 1.12. The molecule has 25 heavy (non-hydrogen) atoms. The molecule has 1 aromatic rings. The van der Waals surface area contributed by atoms with Gasteiger partial charge in [-0.25, -0.2) is 4.79 Å². The highest BCUT2D eigenvalue weighted by Gasteiger charge is 2.42. The molecule has 5 nitrogen and oxygen atoms in total. The van der Waals surface area contributed by atoms with Gasteiger partial charge in [-0.15, -0.1) is 0 Å². The SMILES string of the molecule is COc1cccc(N2CCC3(CCN(C(=O)OC(C)(C)C)CC3)C2)c1. The highest BCUT2D eigenvalue weighted by Crippen LogP contribution is 2.42. The Balaban J connectivity index is 1.58. The summed E-state index contributed by atoms with van der Waals surface area (Å²) < 4.78 is 10.9. The fourth-order valence-electron chi connectivity index (χ4n) is 3.86. The normalized spacial score (nSPS) is 20.0. The van der Waals surface area contributed by atoms with Crippen molar-refractivity contribution >= 4 is 11.8 Å². The van der Waals surface area contributed by atoms with E-state index in [1.54, 1.807) is 7.11 Å². The highest BCUT2D eigenvalue weighted by atomic mass is 16.6. The maximum Gasteiger partial charge on any atom is 0.410 e. The first-order valence-electron chi connectivity index (χ1n) is 9.17. The van der Waals surface area contributed by atoms with Crippen LogP contribution >= 0.6 is 0 Å². The summed E-state index contributed by atoms with van der Waals surface area (Å²) in [6.07, 6.45) is 3.11. The molecule has 3 rings (SSSR count). The van der Waals surface area contributed by atoms with E-state index in [1.807, 2.05) is 37.8 Å². The number of methoxy groups -OCH3 is 1. The molecule has 138 valence electrons. The van der Waals surface area contributed by atoms with Crippen LogP contribution in [0.4, 0.5) is 10.5 Å². The zero-order valence-corrected chi connectivity index (χ0v) is 15.9. The molecule has 1 aromatic carbocycles. The van der Waals surface area contributed by atoms with Gasteiger partial charge in [0.25, 0.3) is 0 Å². The molecule has 2 saturated heterocycles. The van der Waals surface area contributed by atoms with E-state index in [1.165, 1.54) is 12.1 Å². The summed E-state index contributed by atoms with van der Waals surface area (Å²) in [6.45, 7) is 9.46. The third kappa shape index (κ3) is 4.20. The summed E-state index contributed by atoms with van der Waals surface area (Å²) in [7, 11) is 1.71. The monoisotopic (exact) mass is 346 g/mol. The lowest BCUT2D eigenvalue weighted by Crippen LogP contribution is -2.46. The van der Waals surface area contributed by atoms with Crippen molar-refractivity contribution in [1.82, 2.24) is 4.90 Å². The Hall–Kier alpha value is -1.91. The van der Waals surface area contributed by atoms with Crippen molar-refractivity contribution in [1.29, 1.82) is 0 Å². The molecule has 0 atom stereocenters. The zero-order chi connectivity index (χ0) is 18.1. The Bertz CT molecular complexity index is 616. The van der Waals surface area contributed by atoms with E-state index in [9.17, 15) is 4.79 Å². The van der Waals surface area contributed by atoms with Gasteiger partial charge in [-0.2, -0.15) is 0 Å². The summed E-state index contributed by atoms with van der Waals surface area (Å²) in [6, 6.07) is 8.28. The number of nitrogens with zero attached hydrogens (tertiary/aromatic N) is 2. The molecular weight excluding hydrogens is 316 g/mol. The Morgan fingerprint density at radius 2 is 1.80 bits per heavy atom. The second-order valence-corrected chi connectivity index (χ2v) is 8.34. The third-order valence-electron chi connectivity index (χ3n) is 5.33. The second kappa shape index (κ2) is 6.77. The second-order valence-electron chi connectivity index (χ2n) is 8.34. The fourth-order valence-corrected chi connectivity index (χ4v) is 3.86. The Kier molecular flexibility index (Phi) is 4.85. The predicted molar refractivity (Wildman–Crippen MR) is 99.3 cm³/mol. The Labute approximate surface area is 150 Å². The van der Waals surface area contributed by atoms with Gasteiger partial charge in [0.05, 0.1) is 7.11 Å². The maximum absolute atomic E-state index is 12.3. The highest BCUT2D eigenvalue weighted by molar-refractivity contribution is 5.68. The first-order chi connectivity index (χ1) is 11.8. The lowest BCUT2D eigenvalue weighted by atomic mass is 9.78. The minimum atomic E-state index is -0.428. The average Bonchev–Trinajstić information content (AvgIpc) is 2.98. The number of amides is 1. The van der Waals surface area contributed by atoms with Gasteiger partial charge in [0.2, 0.25) is 0 Å². The number of piperidine rings is 1. The van der Waals surface area contributed by atoms with E-state index in [0.717, 1.165) is 44.8 Å². The smallest absolute Gasteiger partial charge is 0.410 e. The van der Waals surface area contributed by atoms with Gasteiger partial charge in [-0.05, 0) is 57.6 Å². The number of hydrogen-bond acceptors (Lipinski definition) is 4. The summed E-state index contributed by atoms with van der Waals surface area (Å²) in [5.74, 6) is 0.901. The molecule has 1 spiro atoms. The number of likely N-dealkylation sites (tertiary alicyclic amines) is 1. The van der Waals surface area contributed by atoms with Gasteiger partial charge >= 0.3 is 6.09 Å². The van der Waals surface area contributed by atoms with Gasteiger partial charge in [0, 0.05) is 37.9 Å². The number of hydrogen-bond donors (Lipinski definition) is 0. The van der Waals surface area contributed by atoms with Crippen molar-refractivity contribution in [3.63, 3.8) is 0 Å². The van der Waals surface area contributed by atoms with Crippen LogP contribution in [0, 0.1) is 5.41 Å². The summed E-state index contributed by atoms with van der Waals surface area (Å²) in [5, 5.41) is 0. The minimum Gasteiger partial charge on any atom is -0.497 e. The van der Waals surface area contributed by atoms with Crippen LogP contribution in [0.3, 0.4) is 0 Å². The van der Waals surface area contributed by atoms with Crippen molar-refractivity contribution < 1.29 is 14.3 Å². The minimum absolute atomic E-state index is 0.176. The fraction of sp³-hybridized carbons (Fsp3) is 0.650. The van der Waals surface area contributed by atoms with Crippen LogP contribution in [0.15, 0.2) is 24.3 Å². The van der Waals surface area contributed by atoms with Crippen LogP contribution in [-0.2, 0) is 4.74 Å². The molecule has 0 radical (unpaired) electrons. The van der Waals surface area contributed by atoms with Crippen LogP contribution in [0.1, 0.15) is 40.0 Å². The Morgan fingerprint density at radius 1 is 1.12 bits per heavy atom. The molecule has 0 unspecified atom stereocenters. The standard InChI is InChI=1S/C20H30N2O3/c1-19(2,3)25-18(23)21-11-8-20(9-12-21)10-13-22(15-20)16-6-5-7-17(14-16)24-4/h5-7,14H,8-13,15H2,1-4H3. The number of ether oxygens (including phenoxy) is 2. The van der Waals surface area contributed by atoms with E-state index >= 15 is 0 Å². The number of rotatable bonds is 2. The van der Waals surface area contributed by atoms with Gasteiger partial charge in [0.1, 0.15) is 11.4 Å². The van der Waals surface area contributed by atoms with Crippen molar-refractivity contribution in [2.24, 2.45) is 5.41 Å². The number of carbonyl (C=O) groups excluding carboxylic acids is 1. The van der Waals surface area contributed by atoms with Crippen LogP contribution in [0.5, 0.6) is 5.75 Å². The number of carbonyl (C=O) groups is 1. The summed E-state index contributed by atoms with van der Waals surface area (Å²) in [4.78, 5) is 16.6. The topological polar surface area (TPSA) is 42.0 Å². The summed E-state index contributed by atoms with van der Waals surface area (Å²) >= 11 is 0. The van der Waals surface area contributed by atoms with Gasteiger partial charge < -0.3 is 19.3 Å². The predicted octanol–water partition coefficient (Wildman–Crippen LogP) is 3.92. The van der Waals surface area contributed by atoms with E-state index in [0.29, 0.717) is 5.41 Å². The van der Waals surface area contributed by atoms with Crippen LogP contribution in [0.2, 0.25) is 0 Å². The number of benzene rings is 1. The van der Waals surface area contributed by atoms with Crippen molar-refractivity contribution in [3.8, 4) is 5.75 Å². The van der Waals surface area contributed by atoms with Crippen LogP contribution in [0.25, 0.3) is 0 Å². The van der Waals surface area contributed by atoms with E-state index in [-0.39, 0.29) is 6.09 Å². The third-order valence-corrected chi connectivity index (χ3v) is 5.33.